The van der Waals surface area contributed by atoms with Crippen molar-refractivity contribution in [3.63, 3.8) is 0 Å². The third-order valence-electron chi connectivity index (χ3n) is 4.49. The van der Waals surface area contributed by atoms with Gasteiger partial charge in [0.2, 0.25) is 0 Å². The number of nitrogens with one attached hydrogen (secondary N) is 1. The van der Waals surface area contributed by atoms with E-state index < -0.39 is 21.5 Å². The van der Waals surface area contributed by atoms with Gasteiger partial charge in [-0.25, -0.2) is 13.1 Å². The smallest absolute Gasteiger partial charge is 0.277 e. The van der Waals surface area contributed by atoms with Crippen LogP contribution in [0.15, 0.2) is 65.6 Å². The maximum absolute atomic E-state index is 12.7. The Morgan fingerprint density at radius 3 is 2.29 bits per heavy atom. The molecule has 0 saturated heterocycles. The molecule has 28 heavy (non-hydrogen) atoms. The van der Waals surface area contributed by atoms with E-state index in [1.807, 2.05) is 43.3 Å². The highest BCUT2D eigenvalue weighted by Gasteiger charge is 2.34. The van der Waals surface area contributed by atoms with Crippen molar-refractivity contribution in [3.05, 3.63) is 71.8 Å². The third kappa shape index (κ3) is 4.17. The third-order valence-corrected chi connectivity index (χ3v) is 5.98. The standard InChI is InChI=1S/C22H23NO4S/c1-15-9-12-20(16(2)13-15)28(25,26)23-21(24)22(3,4)27-19-11-10-17-7-5-6-8-18(17)14-19/h5-14H,1-4H3,(H,23,24). The van der Waals surface area contributed by atoms with Crippen molar-refractivity contribution in [2.24, 2.45) is 0 Å². The molecule has 0 aliphatic rings. The molecule has 146 valence electrons. The minimum Gasteiger partial charge on any atom is -0.478 e. The van der Waals surface area contributed by atoms with Crippen LogP contribution >= 0.6 is 0 Å². The molecule has 3 aromatic carbocycles. The average Bonchev–Trinajstić information content (AvgIpc) is 2.60. The number of sulfonamides is 1. The van der Waals surface area contributed by atoms with Crippen molar-refractivity contribution in [1.82, 2.24) is 4.72 Å². The molecule has 6 heteroatoms. The molecule has 0 aliphatic heterocycles. The van der Waals surface area contributed by atoms with E-state index in [0.29, 0.717) is 11.3 Å². The molecular weight excluding hydrogens is 374 g/mol. The first-order valence-electron chi connectivity index (χ1n) is 8.91. The van der Waals surface area contributed by atoms with Gasteiger partial charge in [0, 0.05) is 0 Å². The van der Waals surface area contributed by atoms with Crippen molar-refractivity contribution in [2.45, 2.75) is 38.2 Å². The van der Waals surface area contributed by atoms with Crippen LogP contribution in [0.4, 0.5) is 0 Å². The highest BCUT2D eigenvalue weighted by Crippen LogP contribution is 2.25. The Morgan fingerprint density at radius 2 is 1.61 bits per heavy atom. The van der Waals surface area contributed by atoms with Crippen molar-refractivity contribution < 1.29 is 17.9 Å². The van der Waals surface area contributed by atoms with Crippen molar-refractivity contribution in [3.8, 4) is 5.75 Å². The number of benzene rings is 3. The van der Waals surface area contributed by atoms with Crippen LogP contribution in [-0.4, -0.2) is 19.9 Å². The summed E-state index contributed by atoms with van der Waals surface area (Å²) in [5, 5.41) is 2.02. The highest BCUT2D eigenvalue weighted by molar-refractivity contribution is 7.90. The molecule has 0 aliphatic carbocycles. The van der Waals surface area contributed by atoms with Gasteiger partial charge >= 0.3 is 0 Å². The first-order valence-corrected chi connectivity index (χ1v) is 10.4. The Balaban J connectivity index is 1.81. The molecule has 1 N–H and O–H groups in total. The zero-order valence-electron chi connectivity index (χ0n) is 16.3. The molecule has 0 unspecified atom stereocenters. The predicted molar refractivity (Wildman–Crippen MR) is 110 cm³/mol. The topological polar surface area (TPSA) is 72.5 Å². The fourth-order valence-corrected chi connectivity index (χ4v) is 4.30. The number of aryl methyl sites for hydroxylation is 2. The van der Waals surface area contributed by atoms with Crippen LogP contribution in [0.1, 0.15) is 25.0 Å². The monoisotopic (exact) mass is 397 g/mol. The number of hydrogen-bond acceptors (Lipinski definition) is 4. The summed E-state index contributed by atoms with van der Waals surface area (Å²) in [7, 11) is -4.00. The number of rotatable bonds is 5. The van der Waals surface area contributed by atoms with Crippen LogP contribution in [0.3, 0.4) is 0 Å². The SMILES string of the molecule is Cc1ccc(S(=O)(=O)NC(=O)C(C)(C)Oc2ccc3ccccc3c2)c(C)c1. The molecule has 3 rings (SSSR count). The molecule has 5 nitrogen and oxygen atoms in total. The van der Waals surface area contributed by atoms with Gasteiger partial charge < -0.3 is 4.74 Å². The fourth-order valence-electron chi connectivity index (χ4n) is 2.97. The van der Waals surface area contributed by atoms with Gasteiger partial charge in [0.05, 0.1) is 4.90 Å². The second kappa shape index (κ2) is 7.28. The van der Waals surface area contributed by atoms with Crippen LogP contribution in [0.25, 0.3) is 10.8 Å². The first kappa shape index (κ1) is 19.9. The quantitative estimate of drug-likeness (QED) is 0.703. The average molecular weight is 397 g/mol. The largest absolute Gasteiger partial charge is 0.478 e. The van der Waals surface area contributed by atoms with Crippen LogP contribution in [0, 0.1) is 13.8 Å². The van der Waals surface area contributed by atoms with E-state index in [2.05, 4.69) is 4.72 Å². The Hall–Kier alpha value is -2.86. The summed E-state index contributed by atoms with van der Waals surface area (Å²) in [5.41, 5.74) is 0.144. The molecule has 0 spiro atoms. The zero-order chi connectivity index (χ0) is 20.5. The van der Waals surface area contributed by atoms with E-state index in [9.17, 15) is 13.2 Å². The highest BCUT2D eigenvalue weighted by atomic mass is 32.2. The molecule has 0 heterocycles. The van der Waals surface area contributed by atoms with Crippen molar-refractivity contribution in [1.29, 1.82) is 0 Å². The van der Waals surface area contributed by atoms with E-state index in [1.54, 1.807) is 25.1 Å². The van der Waals surface area contributed by atoms with Gasteiger partial charge in [0.15, 0.2) is 5.60 Å². The first-order chi connectivity index (χ1) is 13.1. The molecule has 0 bridgehead atoms. The second-order valence-electron chi connectivity index (χ2n) is 7.32. The number of amides is 1. The van der Waals surface area contributed by atoms with E-state index in [-0.39, 0.29) is 4.90 Å². The molecule has 0 atom stereocenters. The number of ether oxygens (including phenoxy) is 1. The number of hydrogen-bond donors (Lipinski definition) is 1. The van der Waals surface area contributed by atoms with Gasteiger partial charge in [0.1, 0.15) is 5.75 Å². The summed E-state index contributed by atoms with van der Waals surface area (Å²) in [4.78, 5) is 12.8. The summed E-state index contributed by atoms with van der Waals surface area (Å²) < 4.78 is 33.3. The van der Waals surface area contributed by atoms with E-state index in [4.69, 9.17) is 4.74 Å². The van der Waals surface area contributed by atoms with Gasteiger partial charge in [-0.3, -0.25) is 4.79 Å². The Labute approximate surface area is 165 Å². The molecule has 1 amide bonds. The van der Waals surface area contributed by atoms with Crippen LogP contribution in [0.2, 0.25) is 0 Å². The minimum atomic E-state index is -4.00. The van der Waals surface area contributed by atoms with Crippen molar-refractivity contribution >= 4 is 26.7 Å². The predicted octanol–water partition coefficient (Wildman–Crippen LogP) is 4.12. The summed E-state index contributed by atoms with van der Waals surface area (Å²) in [5.74, 6) is -0.247. The molecule has 3 aromatic rings. The minimum absolute atomic E-state index is 0.0768. The lowest BCUT2D eigenvalue weighted by Crippen LogP contribution is -2.48. The van der Waals surface area contributed by atoms with Gasteiger partial charge in [0.25, 0.3) is 15.9 Å². The maximum atomic E-state index is 12.7. The lowest BCUT2D eigenvalue weighted by atomic mass is 10.1. The molecule has 0 radical (unpaired) electrons. The summed E-state index contributed by atoms with van der Waals surface area (Å²) in [6.45, 7) is 6.65. The van der Waals surface area contributed by atoms with Gasteiger partial charge in [-0.2, -0.15) is 0 Å². The summed E-state index contributed by atoms with van der Waals surface area (Å²) in [6.07, 6.45) is 0. The van der Waals surface area contributed by atoms with Crippen molar-refractivity contribution in [2.75, 3.05) is 0 Å². The molecule has 0 fully saturated rings. The maximum Gasteiger partial charge on any atom is 0.277 e. The normalized spacial score (nSPS) is 12.0. The summed E-state index contributed by atoms with van der Waals surface area (Å²) >= 11 is 0. The van der Waals surface area contributed by atoms with E-state index in [1.165, 1.54) is 19.9 Å². The van der Waals surface area contributed by atoms with Crippen LogP contribution < -0.4 is 9.46 Å². The number of carbonyl (C=O) groups is 1. The van der Waals surface area contributed by atoms with E-state index in [0.717, 1.165) is 16.3 Å². The van der Waals surface area contributed by atoms with Gasteiger partial charge in [-0.15, -0.1) is 0 Å². The van der Waals surface area contributed by atoms with Gasteiger partial charge in [-0.05, 0) is 62.2 Å². The molecule has 0 saturated carbocycles. The lowest BCUT2D eigenvalue weighted by Gasteiger charge is -2.25. The molecular formula is C22H23NO4S. The molecule has 0 aromatic heterocycles. The Morgan fingerprint density at radius 1 is 0.929 bits per heavy atom. The Kier molecular flexibility index (Phi) is 5.17. The number of fused-ring (bicyclic) bond motifs is 1. The van der Waals surface area contributed by atoms with Crippen LogP contribution in [0.5, 0.6) is 5.75 Å². The number of carbonyl (C=O) groups excluding carboxylic acids is 1. The Bertz CT molecular complexity index is 1150. The van der Waals surface area contributed by atoms with Crippen LogP contribution in [-0.2, 0) is 14.8 Å². The fraction of sp³-hybridized carbons (Fsp3) is 0.227. The van der Waals surface area contributed by atoms with Gasteiger partial charge in [-0.1, -0.05) is 48.0 Å². The zero-order valence-corrected chi connectivity index (χ0v) is 17.1. The lowest BCUT2D eigenvalue weighted by molar-refractivity contribution is -0.132. The van der Waals surface area contributed by atoms with E-state index >= 15 is 0 Å². The summed E-state index contributed by atoms with van der Waals surface area (Å²) in [6, 6.07) is 18.2. The second-order valence-corrected chi connectivity index (χ2v) is 8.98.